The van der Waals surface area contributed by atoms with Crippen molar-refractivity contribution in [3.05, 3.63) is 70.1 Å². The summed E-state index contributed by atoms with van der Waals surface area (Å²) in [6, 6.07) is 13.3. The van der Waals surface area contributed by atoms with E-state index >= 15 is 0 Å². The third-order valence-corrected chi connectivity index (χ3v) is 3.57. The number of furan rings is 1. The number of benzene rings is 2. The highest BCUT2D eigenvalue weighted by atomic mass is 79.9. The molecule has 1 aromatic heterocycles. The average molecular weight is 321 g/mol. The van der Waals surface area contributed by atoms with E-state index < -0.39 is 6.10 Å². The van der Waals surface area contributed by atoms with Gasteiger partial charge in [0.05, 0.1) is 4.47 Å². The van der Waals surface area contributed by atoms with Crippen LogP contribution in [0.15, 0.2) is 57.4 Å². The summed E-state index contributed by atoms with van der Waals surface area (Å²) in [7, 11) is 0. The van der Waals surface area contributed by atoms with E-state index in [1.54, 1.807) is 18.2 Å². The quantitative estimate of drug-likeness (QED) is 0.758. The highest BCUT2D eigenvalue weighted by molar-refractivity contribution is 9.10. The molecule has 0 saturated carbocycles. The van der Waals surface area contributed by atoms with Crippen molar-refractivity contribution in [2.75, 3.05) is 0 Å². The van der Waals surface area contributed by atoms with Gasteiger partial charge >= 0.3 is 0 Å². The smallest absolute Gasteiger partial charge is 0.148 e. The van der Waals surface area contributed by atoms with Gasteiger partial charge in [0.15, 0.2) is 0 Å². The topological polar surface area (TPSA) is 33.4 Å². The average Bonchev–Trinajstić information content (AvgIpc) is 2.83. The molecule has 0 amide bonds. The summed E-state index contributed by atoms with van der Waals surface area (Å²) in [6.07, 6.45) is -0.977. The lowest BCUT2D eigenvalue weighted by Gasteiger charge is -2.07. The van der Waals surface area contributed by atoms with E-state index in [1.807, 2.05) is 18.2 Å². The van der Waals surface area contributed by atoms with Crippen molar-refractivity contribution in [2.24, 2.45) is 0 Å². The number of rotatable bonds is 2. The van der Waals surface area contributed by atoms with Crippen molar-refractivity contribution in [3.8, 4) is 0 Å². The van der Waals surface area contributed by atoms with Crippen molar-refractivity contribution < 1.29 is 13.9 Å². The van der Waals surface area contributed by atoms with Crippen LogP contribution in [-0.4, -0.2) is 5.11 Å². The highest BCUT2D eigenvalue weighted by Crippen LogP contribution is 2.32. The van der Waals surface area contributed by atoms with Gasteiger partial charge < -0.3 is 9.52 Å². The molecule has 0 bridgehead atoms. The SMILES string of the molecule is OC(c1cccc(F)c1)c1cc2cccc(Br)c2o1. The maximum Gasteiger partial charge on any atom is 0.148 e. The summed E-state index contributed by atoms with van der Waals surface area (Å²) in [5.74, 6) is 0.0151. The van der Waals surface area contributed by atoms with Crippen LogP contribution in [-0.2, 0) is 0 Å². The van der Waals surface area contributed by atoms with E-state index in [-0.39, 0.29) is 5.82 Å². The number of hydrogen-bond acceptors (Lipinski definition) is 2. The van der Waals surface area contributed by atoms with Crippen LogP contribution in [0.1, 0.15) is 17.4 Å². The van der Waals surface area contributed by atoms with E-state index in [9.17, 15) is 9.50 Å². The predicted octanol–water partition coefficient (Wildman–Crippen LogP) is 4.42. The maximum atomic E-state index is 13.2. The molecule has 0 radical (unpaired) electrons. The Bertz CT molecular complexity index is 736. The first-order valence-electron chi connectivity index (χ1n) is 5.76. The van der Waals surface area contributed by atoms with Gasteiger partial charge in [0.1, 0.15) is 23.3 Å². The number of para-hydroxylation sites is 1. The molecule has 19 heavy (non-hydrogen) atoms. The summed E-state index contributed by atoms with van der Waals surface area (Å²) in [5.41, 5.74) is 1.14. The molecule has 3 aromatic rings. The van der Waals surface area contributed by atoms with E-state index in [4.69, 9.17) is 4.42 Å². The van der Waals surface area contributed by atoms with E-state index in [0.29, 0.717) is 16.9 Å². The standard InChI is InChI=1S/C15H10BrFO2/c16-12-6-2-4-10-8-13(19-15(10)12)14(18)9-3-1-5-11(17)7-9/h1-8,14,18H. The molecule has 0 aliphatic carbocycles. The molecule has 0 fully saturated rings. The lowest BCUT2D eigenvalue weighted by molar-refractivity contribution is 0.192. The first-order valence-corrected chi connectivity index (χ1v) is 6.56. The second-order valence-corrected chi connectivity index (χ2v) is 5.12. The monoisotopic (exact) mass is 320 g/mol. The van der Waals surface area contributed by atoms with Gasteiger partial charge in [-0.2, -0.15) is 0 Å². The zero-order chi connectivity index (χ0) is 13.4. The highest BCUT2D eigenvalue weighted by Gasteiger charge is 2.16. The fraction of sp³-hybridized carbons (Fsp3) is 0.0667. The van der Waals surface area contributed by atoms with Gasteiger partial charge in [-0.1, -0.05) is 24.3 Å². The summed E-state index contributed by atoms with van der Waals surface area (Å²) in [6.45, 7) is 0. The molecule has 0 aliphatic rings. The van der Waals surface area contributed by atoms with Gasteiger partial charge in [0.25, 0.3) is 0 Å². The zero-order valence-electron chi connectivity index (χ0n) is 9.81. The Labute approximate surface area is 117 Å². The van der Waals surface area contributed by atoms with Crippen LogP contribution in [0, 0.1) is 5.82 Å². The van der Waals surface area contributed by atoms with Crippen molar-refractivity contribution in [1.29, 1.82) is 0 Å². The van der Waals surface area contributed by atoms with Gasteiger partial charge in [0, 0.05) is 5.39 Å². The number of halogens is 2. The fourth-order valence-corrected chi connectivity index (χ4v) is 2.49. The number of aliphatic hydroxyl groups excluding tert-OH is 1. The van der Waals surface area contributed by atoms with Gasteiger partial charge in [-0.3, -0.25) is 0 Å². The van der Waals surface area contributed by atoms with Crippen molar-refractivity contribution in [2.45, 2.75) is 6.10 Å². The number of aliphatic hydroxyl groups is 1. The van der Waals surface area contributed by atoms with Crippen LogP contribution in [0.25, 0.3) is 11.0 Å². The minimum atomic E-state index is -0.977. The van der Waals surface area contributed by atoms with Crippen molar-refractivity contribution >= 4 is 26.9 Å². The van der Waals surface area contributed by atoms with Crippen molar-refractivity contribution in [1.82, 2.24) is 0 Å². The summed E-state index contributed by atoms with van der Waals surface area (Å²) in [4.78, 5) is 0. The summed E-state index contributed by atoms with van der Waals surface area (Å²) < 4.78 is 19.6. The summed E-state index contributed by atoms with van der Waals surface area (Å²) >= 11 is 3.39. The predicted molar refractivity (Wildman–Crippen MR) is 74.4 cm³/mol. The maximum absolute atomic E-state index is 13.2. The molecule has 1 unspecified atom stereocenters. The van der Waals surface area contributed by atoms with Crippen LogP contribution in [0.2, 0.25) is 0 Å². The molecule has 3 rings (SSSR count). The molecule has 4 heteroatoms. The first-order chi connectivity index (χ1) is 9.15. The second-order valence-electron chi connectivity index (χ2n) is 4.26. The molecule has 1 N–H and O–H groups in total. The van der Waals surface area contributed by atoms with Crippen LogP contribution in [0.3, 0.4) is 0 Å². The lowest BCUT2D eigenvalue weighted by Crippen LogP contribution is -1.98. The van der Waals surface area contributed by atoms with Crippen LogP contribution < -0.4 is 0 Å². The molecule has 2 nitrogen and oxygen atoms in total. The lowest BCUT2D eigenvalue weighted by atomic mass is 10.1. The molecule has 0 aliphatic heterocycles. The van der Waals surface area contributed by atoms with Crippen LogP contribution in [0.4, 0.5) is 4.39 Å². The summed E-state index contributed by atoms with van der Waals surface area (Å²) in [5, 5.41) is 11.1. The largest absolute Gasteiger partial charge is 0.457 e. The minimum absolute atomic E-state index is 0.381. The number of fused-ring (bicyclic) bond motifs is 1. The molecule has 2 aromatic carbocycles. The van der Waals surface area contributed by atoms with Crippen LogP contribution >= 0.6 is 15.9 Å². The Balaban J connectivity index is 2.06. The Morgan fingerprint density at radius 1 is 1.11 bits per heavy atom. The molecular weight excluding hydrogens is 311 g/mol. The molecule has 1 heterocycles. The Morgan fingerprint density at radius 3 is 2.63 bits per heavy atom. The van der Waals surface area contributed by atoms with E-state index in [1.165, 1.54) is 12.1 Å². The van der Waals surface area contributed by atoms with Gasteiger partial charge in [-0.25, -0.2) is 4.39 Å². The first kappa shape index (κ1) is 12.4. The Morgan fingerprint density at radius 2 is 1.89 bits per heavy atom. The van der Waals surface area contributed by atoms with Crippen molar-refractivity contribution in [3.63, 3.8) is 0 Å². The van der Waals surface area contributed by atoms with Gasteiger partial charge in [-0.15, -0.1) is 0 Å². The molecule has 96 valence electrons. The second kappa shape index (κ2) is 4.79. The van der Waals surface area contributed by atoms with E-state index in [2.05, 4.69) is 15.9 Å². The van der Waals surface area contributed by atoms with Gasteiger partial charge in [-0.05, 0) is 45.8 Å². The zero-order valence-corrected chi connectivity index (χ0v) is 11.4. The van der Waals surface area contributed by atoms with Gasteiger partial charge in [0.2, 0.25) is 0 Å². The van der Waals surface area contributed by atoms with E-state index in [0.717, 1.165) is 9.86 Å². The third-order valence-electron chi connectivity index (χ3n) is 2.95. The normalized spacial score (nSPS) is 12.8. The molecular formula is C15H10BrFO2. The molecule has 1 atom stereocenters. The Hall–Kier alpha value is -1.65. The van der Waals surface area contributed by atoms with Crippen LogP contribution in [0.5, 0.6) is 0 Å². The fourth-order valence-electron chi connectivity index (χ4n) is 2.02. The third kappa shape index (κ3) is 2.29. The molecule has 0 spiro atoms. The molecule has 0 saturated heterocycles. The Kier molecular flexibility index (Phi) is 3.12. The number of hydrogen-bond donors (Lipinski definition) is 1. The minimum Gasteiger partial charge on any atom is -0.457 e.